The van der Waals surface area contributed by atoms with E-state index in [1.807, 2.05) is 38.1 Å². The number of anilines is 1. The van der Waals surface area contributed by atoms with Gasteiger partial charge in [-0.05, 0) is 62.1 Å². The number of amides is 1. The second-order valence-electron chi connectivity index (χ2n) is 5.85. The largest absolute Gasteiger partial charge is 0.493 e. The fraction of sp³-hybridized carbons (Fsp3) is 0.350. The van der Waals surface area contributed by atoms with Crippen LogP contribution in [0.25, 0.3) is 0 Å². The minimum atomic E-state index is -0.0884. The van der Waals surface area contributed by atoms with Crippen molar-refractivity contribution in [3.8, 4) is 11.5 Å². The number of hydrogen-bond donors (Lipinski definition) is 2. The van der Waals surface area contributed by atoms with E-state index in [1.54, 1.807) is 19.2 Å². The van der Waals surface area contributed by atoms with E-state index in [2.05, 4.69) is 5.32 Å². The summed E-state index contributed by atoms with van der Waals surface area (Å²) in [5.74, 6) is 1.40. The maximum atomic E-state index is 12.2. The fourth-order valence-electron chi connectivity index (χ4n) is 2.62. The molecule has 0 bridgehead atoms. The number of hydrogen-bond acceptors (Lipinski definition) is 4. The maximum absolute atomic E-state index is 12.2. The van der Waals surface area contributed by atoms with E-state index >= 15 is 0 Å². The van der Waals surface area contributed by atoms with Gasteiger partial charge in [0.2, 0.25) is 0 Å². The number of carbonyl (C=O) groups excluding carboxylic acids is 1. The van der Waals surface area contributed by atoms with Crippen molar-refractivity contribution in [2.24, 2.45) is 0 Å². The van der Waals surface area contributed by atoms with Crippen molar-refractivity contribution >= 4 is 24.0 Å². The van der Waals surface area contributed by atoms with Crippen LogP contribution >= 0.6 is 12.4 Å². The molecule has 0 aromatic heterocycles. The number of aryl methyl sites for hydroxylation is 2. The first kappa shape index (κ1) is 21.6. The Morgan fingerprint density at radius 3 is 2.62 bits per heavy atom. The van der Waals surface area contributed by atoms with Crippen LogP contribution in [0.15, 0.2) is 36.4 Å². The summed E-state index contributed by atoms with van der Waals surface area (Å²) in [4.78, 5) is 12.2. The third-order valence-electron chi connectivity index (χ3n) is 3.96. The number of nitrogens with two attached hydrogens (primary N) is 1. The topological polar surface area (TPSA) is 73.6 Å². The van der Waals surface area contributed by atoms with Crippen molar-refractivity contribution in [3.05, 3.63) is 53.1 Å². The Labute approximate surface area is 161 Å². The predicted molar refractivity (Wildman–Crippen MR) is 108 cm³/mol. The Morgan fingerprint density at radius 2 is 1.92 bits per heavy atom. The highest BCUT2D eigenvalue weighted by molar-refractivity contribution is 5.96. The van der Waals surface area contributed by atoms with Crippen LogP contribution in [0.3, 0.4) is 0 Å². The molecular weight excluding hydrogens is 352 g/mol. The van der Waals surface area contributed by atoms with Crippen LogP contribution in [0.2, 0.25) is 0 Å². The van der Waals surface area contributed by atoms with Crippen LogP contribution in [-0.2, 0) is 6.42 Å². The summed E-state index contributed by atoms with van der Waals surface area (Å²) >= 11 is 0. The average Bonchev–Trinajstić information content (AvgIpc) is 2.61. The third kappa shape index (κ3) is 5.85. The highest BCUT2D eigenvalue weighted by atomic mass is 35.5. The summed E-state index contributed by atoms with van der Waals surface area (Å²) in [6, 6.07) is 11.3. The van der Waals surface area contributed by atoms with Crippen LogP contribution in [0.4, 0.5) is 5.69 Å². The first-order valence-electron chi connectivity index (χ1n) is 8.49. The highest BCUT2D eigenvalue weighted by Gasteiger charge is 2.09. The Morgan fingerprint density at radius 1 is 1.15 bits per heavy atom. The van der Waals surface area contributed by atoms with Crippen molar-refractivity contribution in [1.29, 1.82) is 0 Å². The van der Waals surface area contributed by atoms with Crippen LogP contribution < -0.4 is 20.5 Å². The molecule has 0 radical (unpaired) electrons. The number of benzene rings is 2. The van der Waals surface area contributed by atoms with Crippen molar-refractivity contribution in [2.75, 3.05) is 26.0 Å². The van der Waals surface area contributed by atoms with Crippen molar-refractivity contribution in [3.63, 3.8) is 0 Å². The summed E-state index contributed by atoms with van der Waals surface area (Å²) in [5, 5.41) is 2.95. The summed E-state index contributed by atoms with van der Waals surface area (Å²) in [6.45, 7) is 5.04. The molecule has 0 fully saturated rings. The minimum Gasteiger partial charge on any atom is -0.493 e. The van der Waals surface area contributed by atoms with Gasteiger partial charge in [0.1, 0.15) is 0 Å². The predicted octanol–water partition coefficient (Wildman–Crippen LogP) is 3.77. The SMILES string of the molecule is CCOc1cc(CCCNC(=O)c2cc(N)ccc2C)ccc1OC.Cl. The lowest BCUT2D eigenvalue weighted by molar-refractivity contribution is 0.0952. The number of carbonyl (C=O) groups is 1. The van der Waals surface area contributed by atoms with Gasteiger partial charge in [0.05, 0.1) is 13.7 Å². The molecule has 6 heteroatoms. The molecule has 0 saturated carbocycles. The van der Waals surface area contributed by atoms with Gasteiger partial charge in [-0.15, -0.1) is 12.4 Å². The summed E-state index contributed by atoms with van der Waals surface area (Å²) in [6.07, 6.45) is 1.69. The average molecular weight is 379 g/mol. The Kier molecular flexibility index (Phi) is 8.79. The highest BCUT2D eigenvalue weighted by Crippen LogP contribution is 2.28. The first-order valence-corrected chi connectivity index (χ1v) is 8.49. The molecule has 5 nitrogen and oxygen atoms in total. The number of ether oxygens (including phenoxy) is 2. The fourth-order valence-corrected chi connectivity index (χ4v) is 2.62. The van der Waals surface area contributed by atoms with Crippen LogP contribution in [-0.4, -0.2) is 26.2 Å². The smallest absolute Gasteiger partial charge is 0.251 e. The van der Waals surface area contributed by atoms with Gasteiger partial charge < -0.3 is 20.5 Å². The van der Waals surface area contributed by atoms with Crippen LogP contribution in [0.5, 0.6) is 11.5 Å². The molecule has 0 atom stereocenters. The third-order valence-corrected chi connectivity index (χ3v) is 3.96. The lowest BCUT2D eigenvalue weighted by Crippen LogP contribution is -2.25. The molecule has 1 amide bonds. The van der Waals surface area contributed by atoms with E-state index in [-0.39, 0.29) is 18.3 Å². The van der Waals surface area contributed by atoms with Crippen molar-refractivity contribution in [1.82, 2.24) is 5.32 Å². The Hall–Kier alpha value is -2.40. The maximum Gasteiger partial charge on any atom is 0.251 e. The first-order chi connectivity index (χ1) is 12.0. The number of nitrogen functional groups attached to an aromatic ring is 1. The molecule has 26 heavy (non-hydrogen) atoms. The summed E-state index contributed by atoms with van der Waals surface area (Å²) in [7, 11) is 1.63. The molecule has 0 aliphatic rings. The molecule has 0 saturated heterocycles. The molecule has 0 unspecified atom stereocenters. The molecule has 0 aliphatic heterocycles. The van der Waals surface area contributed by atoms with E-state index < -0.39 is 0 Å². The zero-order valence-electron chi connectivity index (χ0n) is 15.5. The standard InChI is InChI=1S/C20H26N2O3.ClH/c1-4-25-19-12-15(8-10-18(19)24-3)6-5-11-22-20(23)17-13-16(21)9-7-14(17)2;/h7-10,12-13H,4-6,11,21H2,1-3H3,(H,22,23);1H. The zero-order chi connectivity index (χ0) is 18.2. The van der Waals surface area contributed by atoms with E-state index in [1.165, 1.54) is 0 Å². The summed E-state index contributed by atoms with van der Waals surface area (Å²) < 4.78 is 10.9. The number of nitrogens with one attached hydrogen (secondary N) is 1. The van der Waals surface area contributed by atoms with Gasteiger partial charge in [0.15, 0.2) is 11.5 Å². The van der Waals surface area contributed by atoms with E-state index in [0.717, 1.165) is 35.5 Å². The number of rotatable bonds is 8. The Balaban J connectivity index is 0.00000338. The molecule has 142 valence electrons. The lowest BCUT2D eigenvalue weighted by Gasteiger charge is -2.11. The molecule has 0 spiro atoms. The van der Waals surface area contributed by atoms with Crippen LogP contribution in [0, 0.1) is 6.92 Å². The van der Waals surface area contributed by atoms with Gasteiger partial charge in [-0.1, -0.05) is 12.1 Å². The van der Waals surface area contributed by atoms with Gasteiger partial charge in [-0.2, -0.15) is 0 Å². The molecule has 0 aliphatic carbocycles. The molecule has 2 aromatic rings. The second kappa shape index (κ2) is 10.6. The molecule has 2 aromatic carbocycles. The van der Waals surface area contributed by atoms with E-state index in [9.17, 15) is 4.79 Å². The lowest BCUT2D eigenvalue weighted by atomic mass is 10.1. The zero-order valence-corrected chi connectivity index (χ0v) is 16.3. The molecule has 2 rings (SSSR count). The molecule has 3 N–H and O–H groups in total. The normalized spacial score (nSPS) is 9.96. The van der Waals surface area contributed by atoms with Crippen LogP contribution in [0.1, 0.15) is 34.8 Å². The Bertz CT molecular complexity index is 735. The van der Waals surface area contributed by atoms with Gasteiger partial charge in [0, 0.05) is 17.8 Å². The monoisotopic (exact) mass is 378 g/mol. The summed E-state index contributed by atoms with van der Waals surface area (Å²) in [5.41, 5.74) is 9.05. The van der Waals surface area contributed by atoms with Gasteiger partial charge in [-0.3, -0.25) is 4.79 Å². The van der Waals surface area contributed by atoms with E-state index in [4.69, 9.17) is 15.2 Å². The number of halogens is 1. The molecular formula is C20H27ClN2O3. The second-order valence-corrected chi connectivity index (χ2v) is 5.85. The van der Waals surface area contributed by atoms with Crippen molar-refractivity contribution in [2.45, 2.75) is 26.7 Å². The number of methoxy groups -OCH3 is 1. The van der Waals surface area contributed by atoms with Gasteiger partial charge in [0.25, 0.3) is 5.91 Å². The quantitative estimate of drug-likeness (QED) is 0.541. The van der Waals surface area contributed by atoms with Gasteiger partial charge in [-0.25, -0.2) is 0 Å². The minimum absolute atomic E-state index is 0. The van der Waals surface area contributed by atoms with Crippen molar-refractivity contribution < 1.29 is 14.3 Å². The molecule has 0 heterocycles. The van der Waals surface area contributed by atoms with Gasteiger partial charge >= 0.3 is 0 Å². The van der Waals surface area contributed by atoms with E-state index in [0.29, 0.717) is 24.4 Å².